The average Bonchev–Trinajstić information content (AvgIpc) is 1.60. The van der Waals surface area contributed by atoms with Crippen molar-refractivity contribution in [3.05, 3.63) is 0 Å². The first-order valence-electron chi connectivity index (χ1n) is 3.07. The van der Waals surface area contributed by atoms with E-state index in [1.807, 2.05) is 0 Å². The van der Waals surface area contributed by atoms with E-state index in [2.05, 4.69) is 0 Å². The van der Waals surface area contributed by atoms with Crippen molar-refractivity contribution >= 4 is 6.03 Å². The van der Waals surface area contributed by atoms with E-state index in [9.17, 15) is 4.79 Å². The first kappa shape index (κ1) is 9.23. The van der Waals surface area contributed by atoms with E-state index >= 15 is 0 Å². The van der Waals surface area contributed by atoms with Gasteiger partial charge in [-0.25, -0.2) is 4.79 Å². The van der Waals surface area contributed by atoms with Gasteiger partial charge < -0.3 is 10.8 Å². The molecule has 0 aliphatic carbocycles. The molecule has 0 saturated heterocycles. The molecule has 0 radical (unpaired) electrons. The van der Waals surface area contributed by atoms with E-state index in [0.717, 1.165) is 0 Å². The second-order valence-electron chi connectivity index (χ2n) is 3.08. The summed E-state index contributed by atoms with van der Waals surface area (Å²) in [6, 6.07) is -0.602. The summed E-state index contributed by atoms with van der Waals surface area (Å²) in [6.45, 7) is 5.06. The fourth-order valence-corrected chi connectivity index (χ4v) is 0.612. The van der Waals surface area contributed by atoms with Crippen LogP contribution in [-0.2, 0) is 0 Å². The highest BCUT2D eigenvalue weighted by molar-refractivity contribution is 5.72. The summed E-state index contributed by atoms with van der Waals surface area (Å²) in [5.41, 5.74) is 4.56. The Hall–Kier alpha value is -0.770. The molecule has 0 aromatic heterocycles. The van der Waals surface area contributed by atoms with E-state index in [-0.39, 0.29) is 6.73 Å². The standard InChI is InChI=1S/C6H14N2O2/c1-6(2,3)8(4-9)5(7)10/h9H,4H2,1-3H3,(H2,7,10). The van der Waals surface area contributed by atoms with Gasteiger partial charge in [-0.15, -0.1) is 0 Å². The summed E-state index contributed by atoms with van der Waals surface area (Å²) in [6.07, 6.45) is 0. The molecule has 0 unspecified atom stereocenters. The Labute approximate surface area is 60.6 Å². The number of carbonyl (C=O) groups is 1. The van der Waals surface area contributed by atoms with Crippen LogP contribution in [-0.4, -0.2) is 28.3 Å². The summed E-state index contributed by atoms with van der Waals surface area (Å²) in [7, 11) is 0. The van der Waals surface area contributed by atoms with Crippen LogP contribution in [0.2, 0.25) is 0 Å². The molecule has 0 atom stereocenters. The minimum absolute atomic E-state index is 0.334. The van der Waals surface area contributed by atoms with Gasteiger partial charge >= 0.3 is 6.03 Å². The SMILES string of the molecule is CC(C)(C)N(CO)C(N)=O. The maximum absolute atomic E-state index is 10.6. The molecule has 4 nitrogen and oxygen atoms in total. The number of nitrogens with two attached hydrogens (primary N) is 1. The second kappa shape index (κ2) is 2.88. The summed E-state index contributed by atoms with van der Waals surface area (Å²) >= 11 is 0. The number of primary amides is 1. The van der Waals surface area contributed by atoms with Gasteiger partial charge in [0.25, 0.3) is 0 Å². The molecule has 0 bridgehead atoms. The number of hydrogen-bond donors (Lipinski definition) is 2. The predicted octanol–water partition coefficient (Wildman–Crippen LogP) is 0.115. The summed E-state index contributed by atoms with van der Waals surface area (Å²) in [5, 5.41) is 8.66. The number of amides is 2. The minimum Gasteiger partial charge on any atom is -0.376 e. The first-order chi connectivity index (χ1) is 4.39. The van der Waals surface area contributed by atoms with Crippen molar-refractivity contribution in [3.8, 4) is 0 Å². The lowest BCUT2D eigenvalue weighted by atomic mass is 10.1. The minimum atomic E-state index is -0.602. The van der Waals surface area contributed by atoms with Gasteiger partial charge in [-0.3, -0.25) is 4.90 Å². The summed E-state index contributed by atoms with van der Waals surface area (Å²) in [5.74, 6) is 0. The molecule has 0 heterocycles. The highest BCUT2D eigenvalue weighted by Gasteiger charge is 2.22. The van der Waals surface area contributed by atoms with E-state index in [1.165, 1.54) is 4.90 Å². The van der Waals surface area contributed by atoms with Gasteiger partial charge in [0, 0.05) is 5.54 Å². The Morgan fingerprint density at radius 1 is 1.60 bits per heavy atom. The molecule has 0 rings (SSSR count). The van der Waals surface area contributed by atoms with Crippen LogP contribution < -0.4 is 5.73 Å². The van der Waals surface area contributed by atoms with Crippen LogP contribution in [0.5, 0.6) is 0 Å². The predicted molar refractivity (Wildman–Crippen MR) is 38.3 cm³/mol. The molecule has 60 valence electrons. The number of nitrogens with zero attached hydrogens (tertiary/aromatic N) is 1. The molecule has 0 aromatic rings. The molecule has 0 spiro atoms. The van der Waals surface area contributed by atoms with Crippen LogP contribution in [0.3, 0.4) is 0 Å². The normalized spacial score (nSPS) is 11.2. The third-order valence-corrected chi connectivity index (χ3v) is 1.22. The zero-order valence-corrected chi connectivity index (χ0v) is 6.59. The van der Waals surface area contributed by atoms with Crippen molar-refractivity contribution in [1.29, 1.82) is 0 Å². The molecular weight excluding hydrogens is 132 g/mol. The molecule has 3 N–H and O–H groups in total. The maximum atomic E-state index is 10.6. The van der Waals surface area contributed by atoms with Gasteiger partial charge in [-0.1, -0.05) is 0 Å². The molecule has 4 heteroatoms. The number of urea groups is 1. The number of aliphatic hydroxyl groups excluding tert-OH is 1. The Balaban J connectivity index is 4.22. The second-order valence-corrected chi connectivity index (χ2v) is 3.08. The fourth-order valence-electron chi connectivity index (χ4n) is 0.612. The van der Waals surface area contributed by atoms with Crippen LogP contribution in [0, 0.1) is 0 Å². The quantitative estimate of drug-likeness (QED) is 0.516. The lowest BCUT2D eigenvalue weighted by molar-refractivity contribution is 0.0687. The van der Waals surface area contributed by atoms with Crippen LogP contribution in [0.1, 0.15) is 20.8 Å². The first-order valence-corrected chi connectivity index (χ1v) is 3.07. The number of hydrogen-bond acceptors (Lipinski definition) is 2. The molecule has 2 amide bonds. The van der Waals surface area contributed by atoms with E-state index in [0.29, 0.717) is 0 Å². The highest BCUT2D eigenvalue weighted by Crippen LogP contribution is 2.10. The maximum Gasteiger partial charge on any atom is 0.317 e. The molecule has 0 saturated carbocycles. The molecule has 10 heavy (non-hydrogen) atoms. The van der Waals surface area contributed by atoms with Gasteiger partial charge in [-0.05, 0) is 20.8 Å². The molecule has 0 aliphatic rings. The number of rotatable bonds is 1. The van der Waals surface area contributed by atoms with Crippen LogP contribution in [0.15, 0.2) is 0 Å². The van der Waals surface area contributed by atoms with Gasteiger partial charge in [0.15, 0.2) is 0 Å². The lowest BCUT2D eigenvalue weighted by Gasteiger charge is -2.31. The van der Waals surface area contributed by atoms with Crippen molar-refractivity contribution in [3.63, 3.8) is 0 Å². The van der Waals surface area contributed by atoms with Crippen molar-refractivity contribution in [2.45, 2.75) is 26.3 Å². The Bertz CT molecular complexity index is 128. The van der Waals surface area contributed by atoms with Gasteiger partial charge in [0.2, 0.25) is 0 Å². The van der Waals surface area contributed by atoms with E-state index < -0.39 is 11.6 Å². The molecule has 0 aliphatic heterocycles. The Kier molecular flexibility index (Phi) is 2.65. The van der Waals surface area contributed by atoms with Crippen molar-refractivity contribution in [1.82, 2.24) is 4.90 Å². The summed E-state index contributed by atoms with van der Waals surface area (Å²) in [4.78, 5) is 11.7. The van der Waals surface area contributed by atoms with Crippen LogP contribution in [0.4, 0.5) is 4.79 Å². The molecular formula is C6H14N2O2. The zero-order valence-electron chi connectivity index (χ0n) is 6.59. The third kappa shape index (κ3) is 2.23. The molecule has 0 fully saturated rings. The third-order valence-electron chi connectivity index (χ3n) is 1.22. The van der Waals surface area contributed by atoms with Crippen molar-refractivity contribution < 1.29 is 9.90 Å². The van der Waals surface area contributed by atoms with E-state index in [1.54, 1.807) is 20.8 Å². The Morgan fingerprint density at radius 3 is 2.00 bits per heavy atom. The van der Waals surface area contributed by atoms with Crippen molar-refractivity contribution in [2.75, 3.05) is 6.73 Å². The van der Waals surface area contributed by atoms with Gasteiger partial charge in [0.05, 0.1) is 0 Å². The van der Waals surface area contributed by atoms with Crippen LogP contribution in [0.25, 0.3) is 0 Å². The number of aliphatic hydroxyl groups is 1. The summed E-state index contributed by atoms with van der Waals surface area (Å²) < 4.78 is 0. The van der Waals surface area contributed by atoms with Crippen molar-refractivity contribution in [2.24, 2.45) is 5.73 Å². The molecule has 0 aromatic carbocycles. The smallest absolute Gasteiger partial charge is 0.317 e. The monoisotopic (exact) mass is 146 g/mol. The van der Waals surface area contributed by atoms with E-state index in [4.69, 9.17) is 10.8 Å². The largest absolute Gasteiger partial charge is 0.376 e. The fraction of sp³-hybridized carbons (Fsp3) is 0.833. The highest BCUT2D eigenvalue weighted by atomic mass is 16.3. The van der Waals surface area contributed by atoms with Crippen LogP contribution >= 0.6 is 0 Å². The lowest BCUT2D eigenvalue weighted by Crippen LogP contribution is -2.48. The number of carbonyl (C=O) groups excluding carboxylic acids is 1. The topological polar surface area (TPSA) is 66.6 Å². The average molecular weight is 146 g/mol. The van der Waals surface area contributed by atoms with Gasteiger partial charge in [-0.2, -0.15) is 0 Å². The Morgan fingerprint density at radius 2 is 2.00 bits per heavy atom. The van der Waals surface area contributed by atoms with Gasteiger partial charge in [0.1, 0.15) is 6.73 Å². The zero-order chi connectivity index (χ0) is 8.36.